The fourth-order valence-corrected chi connectivity index (χ4v) is 4.68. The van der Waals surface area contributed by atoms with Gasteiger partial charge in [-0.1, -0.05) is 23.7 Å². The van der Waals surface area contributed by atoms with Crippen LogP contribution < -0.4 is 16.0 Å². The molecule has 2 aromatic heterocycles. The van der Waals surface area contributed by atoms with Crippen LogP contribution in [0.5, 0.6) is 0 Å². The van der Waals surface area contributed by atoms with E-state index in [2.05, 4.69) is 20.9 Å². The highest BCUT2D eigenvalue weighted by molar-refractivity contribution is 7.19. The molecular weight excluding hydrogens is 476 g/mol. The van der Waals surface area contributed by atoms with E-state index in [0.29, 0.717) is 34.8 Å². The van der Waals surface area contributed by atoms with Crippen molar-refractivity contribution in [3.05, 3.63) is 46.9 Å². The van der Waals surface area contributed by atoms with Crippen LogP contribution in [0.2, 0.25) is 4.34 Å². The van der Waals surface area contributed by atoms with E-state index in [1.54, 1.807) is 26.1 Å². The first-order valence-corrected chi connectivity index (χ1v) is 11.7. The Balaban J connectivity index is 1.60. The number of halogens is 1. The topological polar surface area (TPSA) is 116 Å². The standard InChI is InChI=1S/C23H23ClN6O3S/c1-13(31)27-15-6-4-5-14(11-15)16-12-26-21(28-19(16)17-7-8-18(24)34-17)25-9-10-30-22(33)29-20(32)23(30,2)3/h4-8,11-12H,9-10H2,1-3H3,(H,27,31)(H,25,26,28)(H,29,32,33). The summed E-state index contributed by atoms with van der Waals surface area (Å²) in [6.07, 6.45) is 1.71. The zero-order chi connectivity index (χ0) is 24.5. The highest BCUT2D eigenvalue weighted by Crippen LogP contribution is 2.37. The number of urea groups is 1. The van der Waals surface area contributed by atoms with Crippen molar-refractivity contribution in [3.8, 4) is 21.7 Å². The Hall–Kier alpha value is -3.50. The number of nitrogens with zero attached hydrogens (tertiary/aromatic N) is 3. The minimum atomic E-state index is -0.915. The molecule has 9 nitrogen and oxygen atoms in total. The van der Waals surface area contributed by atoms with E-state index in [-0.39, 0.29) is 11.8 Å². The van der Waals surface area contributed by atoms with Gasteiger partial charge in [-0.2, -0.15) is 0 Å². The van der Waals surface area contributed by atoms with Gasteiger partial charge in [-0.05, 0) is 43.7 Å². The SMILES string of the molecule is CC(=O)Nc1cccc(-c2cnc(NCCN3C(=O)NC(=O)C3(C)C)nc2-c2ccc(Cl)s2)c1. The number of anilines is 2. The fraction of sp³-hybridized carbons (Fsp3) is 0.261. The number of benzene rings is 1. The molecule has 4 amide bonds. The number of thiophene rings is 1. The zero-order valence-corrected chi connectivity index (χ0v) is 20.4. The molecule has 1 aromatic carbocycles. The molecular formula is C23H23ClN6O3S. The lowest BCUT2D eigenvalue weighted by Gasteiger charge is -2.27. The molecule has 1 aliphatic rings. The van der Waals surface area contributed by atoms with Gasteiger partial charge in [0.1, 0.15) is 5.54 Å². The molecule has 1 saturated heterocycles. The zero-order valence-electron chi connectivity index (χ0n) is 18.8. The molecule has 1 aliphatic heterocycles. The van der Waals surface area contributed by atoms with E-state index in [0.717, 1.165) is 16.0 Å². The second kappa shape index (κ2) is 9.40. The molecule has 0 unspecified atom stereocenters. The Bertz CT molecular complexity index is 1280. The molecule has 0 atom stereocenters. The highest BCUT2D eigenvalue weighted by atomic mass is 35.5. The second-order valence-electron chi connectivity index (χ2n) is 8.22. The second-order valence-corrected chi connectivity index (χ2v) is 9.93. The minimum absolute atomic E-state index is 0.158. The van der Waals surface area contributed by atoms with E-state index in [1.807, 2.05) is 30.3 Å². The summed E-state index contributed by atoms with van der Waals surface area (Å²) in [5.74, 6) is -0.101. The van der Waals surface area contributed by atoms with E-state index in [9.17, 15) is 14.4 Å². The molecule has 11 heteroatoms. The first kappa shape index (κ1) is 23.7. The van der Waals surface area contributed by atoms with Crippen LogP contribution in [-0.4, -0.2) is 51.3 Å². The Morgan fingerprint density at radius 3 is 2.68 bits per heavy atom. The molecule has 0 bridgehead atoms. The van der Waals surface area contributed by atoms with Crippen molar-refractivity contribution < 1.29 is 14.4 Å². The van der Waals surface area contributed by atoms with Gasteiger partial charge >= 0.3 is 6.03 Å². The van der Waals surface area contributed by atoms with Crippen molar-refractivity contribution >= 4 is 52.4 Å². The van der Waals surface area contributed by atoms with E-state index >= 15 is 0 Å². The van der Waals surface area contributed by atoms with E-state index in [4.69, 9.17) is 16.6 Å². The first-order valence-electron chi connectivity index (χ1n) is 10.5. The predicted molar refractivity (Wildman–Crippen MR) is 133 cm³/mol. The van der Waals surface area contributed by atoms with Crippen LogP contribution in [0.15, 0.2) is 42.6 Å². The predicted octanol–water partition coefficient (Wildman–Crippen LogP) is 4.23. The normalized spacial score (nSPS) is 14.8. The lowest BCUT2D eigenvalue weighted by atomic mass is 10.0. The molecule has 176 valence electrons. The molecule has 0 spiro atoms. The molecule has 3 aromatic rings. The van der Waals surface area contributed by atoms with Crippen molar-refractivity contribution in [1.29, 1.82) is 0 Å². The smallest absolute Gasteiger partial charge is 0.325 e. The van der Waals surface area contributed by atoms with Crippen LogP contribution >= 0.6 is 22.9 Å². The van der Waals surface area contributed by atoms with Crippen molar-refractivity contribution in [2.24, 2.45) is 0 Å². The number of amides is 4. The summed E-state index contributed by atoms with van der Waals surface area (Å²) in [5, 5.41) is 8.26. The molecule has 3 N–H and O–H groups in total. The van der Waals surface area contributed by atoms with Crippen molar-refractivity contribution in [3.63, 3.8) is 0 Å². The Morgan fingerprint density at radius 1 is 1.24 bits per heavy atom. The van der Waals surface area contributed by atoms with Crippen LogP contribution in [0.25, 0.3) is 21.7 Å². The van der Waals surface area contributed by atoms with Gasteiger partial charge in [0.25, 0.3) is 5.91 Å². The van der Waals surface area contributed by atoms with Crippen molar-refractivity contribution in [1.82, 2.24) is 20.2 Å². The molecule has 0 saturated carbocycles. The lowest BCUT2D eigenvalue weighted by molar-refractivity contribution is -0.125. The van der Waals surface area contributed by atoms with Crippen LogP contribution in [0.1, 0.15) is 20.8 Å². The average molecular weight is 499 g/mol. The van der Waals surface area contributed by atoms with Crippen LogP contribution in [0.3, 0.4) is 0 Å². The number of hydrogen-bond acceptors (Lipinski definition) is 7. The average Bonchev–Trinajstić information content (AvgIpc) is 3.29. The van der Waals surface area contributed by atoms with Gasteiger partial charge in [-0.15, -0.1) is 11.3 Å². The summed E-state index contributed by atoms with van der Waals surface area (Å²) >= 11 is 7.58. The van der Waals surface area contributed by atoms with Gasteiger partial charge in [-0.25, -0.2) is 14.8 Å². The summed E-state index contributed by atoms with van der Waals surface area (Å²) in [6, 6.07) is 10.7. The minimum Gasteiger partial charge on any atom is -0.352 e. The van der Waals surface area contributed by atoms with Crippen LogP contribution in [0, 0.1) is 0 Å². The maximum Gasteiger partial charge on any atom is 0.325 e. The van der Waals surface area contributed by atoms with Gasteiger partial charge in [0.15, 0.2) is 0 Å². The Morgan fingerprint density at radius 2 is 2.03 bits per heavy atom. The molecule has 0 aliphatic carbocycles. The summed E-state index contributed by atoms with van der Waals surface area (Å²) < 4.78 is 0.632. The first-order chi connectivity index (χ1) is 16.1. The Labute approximate surface area is 205 Å². The van der Waals surface area contributed by atoms with Crippen LogP contribution in [0.4, 0.5) is 16.4 Å². The van der Waals surface area contributed by atoms with E-state index < -0.39 is 11.6 Å². The molecule has 3 heterocycles. The molecule has 34 heavy (non-hydrogen) atoms. The lowest BCUT2D eigenvalue weighted by Crippen LogP contribution is -2.46. The summed E-state index contributed by atoms with van der Waals surface area (Å²) in [4.78, 5) is 47.0. The molecule has 4 rings (SSSR count). The maximum atomic E-state index is 12.1. The van der Waals surface area contributed by atoms with Crippen LogP contribution in [-0.2, 0) is 9.59 Å². The van der Waals surface area contributed by atoms with Gasteiger partial charge < -0.3 is 15.5 Å². The summed E-state index contributed by atoms with van der Waals surface area (Å²) in [7, 11) is 0. The maximum absolute atomic E-state index is 12.1. The number of aromatic nitrogens is 2. The summed E-state index contributed by atoms with van der Waals surface area (Å²) in [6.45, 7) is 5.51. The monoisotopic (exact) mass is 498 g/mol. The van der Waals surface area contributed by atoms with Crippen molar-refractivity contribution in [2.45, 2.75) is 26.3 Å². The van der Waals surface area contributed by atoms with Gasteiger partial charge in [0.05, 0.1) is 14.9 Å². The third-order valence-electron chi connectivity index (χ3n) is 5.40. The van der Waals surface area contributed by atoms with Gasteiger partial charge in [-0.3, -0.25) is 14.9 Å². The van der Waals surface area contributed by atoms with Crippen molar-refractivity contribution in [2.75, 3.05) is 23.7 Å². The molecule has 1 fully saturated rings. The quantitative estimate of drug-likeness (QED) is 0.420. The third-order valence-corrected chi connectivity index (χ3v) is 6.64. The number of carbonyl (C=O) groups excluding carboxylic acids is 3. The van der Waals surface area contributed by atoms with E-state index in [1.165, 1.54) is 23.2 Å². The highest BCUT2D eigenvalue weighted by Gasteiger charge is 2.45. The number of carbonyl (C=O) groups is 3. The summed E-state index contributed by atoms with van der Waals surface area (Å²) in [5.41, 5.74) is 2.06. The number of imide groups is 1. The third kappa shape index (κ3) is 4.87. The largest absolute Gasteiger partial charge is 0.352 e. The molecule has 0 radical (unpaired) electrons. The number of rotatable bonds is 7. The number of nitrogens with one attached hydrogen (secondary N) is 3. The fourth-order valence-electron chi connectivity index (χ4n) is 3.63. The number of hydrogen-bond donors (Lipinski definition) is 3. The van der Waals surface area contributed by atoms with Gasteiger partial charge in [0, 0.05) is 37.5 Å². The van der Waals surface area contributed by atoms with Gasteiger partial charge in [0.2, 0.25) is 11.9 Å². The Kier molecular flexibility index (Phi) is 6.54.